The average Bonchev–Trinajstić information content (AvgIpc) is 2.45. The molecule has 0 fully saturated rings. The van der Waals surface area contributed by atoms with E-state index in [4.69, 9.17) is 23.2 Å². The van der Waals surface area contributed by atoms with Gasteiger partial charge in [0.05, 0.1) is 21.4 Å². The fourth-order valence-electron chi connectivity index (χ4n) is 1.72. The van der Waals surface area contributed by atoms with Crippen molar-refractivity contribution in [3.05, 3.63) is 55.4 Å². The molecule has 0 heterocycles. The van der Waals surface area contributed by atoms with E-state index < -0.39 is 11.8 Å². The second-order valence-corrected chi connectivity index (χ2v) is 7.17. The Morgan fingerprint density at radius 3 is 1.57 bits per heavy atom. The molecule has 0 bridgehead atoms. The highest BCUT2D eigenvalue weighted by atomic mass is 79.9. The van der Waals surface area contributed by atoms with Crippen LogP contribution in [0.5, 0.6) is 0 Å². The predicted molar refractivity (Wildman–Crippen MR) is 100 cm³/mol. The van der Waals surface area contributed by atoms with Crippen LogP contribution >= 0.6 is 55.1 Å². The first-order valence-corrected chi connectivity index (χ1v) is 8.69. The van der Waals surface area contributed by atoms with Gasteiger partial charge >= 0.3 is 0 Å². The zero-order chi connectivity index (χ0) is 17.0. The maximum Gasteiger partial charge on any atom is 0.233 e. The van der Waals surface area contributed by atoms with Gasteiger partial charge in [0, 0.05) is 8.95 Å². The largest absolute Gasteiger partial charge is 0.324 e. The molecule has 2 aromatic rings. The summed E-state index contributed by atoms with van der Waals surface area (Å²) in [6, 6.07) is 10.1. The highest BCUT2D eigenvalue weighted by Crippen LogP contribution is 2.27. The molecule has 0 spiro atoms. The van der Waals surface area contributed by atoms with E-state index in [9.17, 15) is 9.59 Å². The van der Waals surface area contributed by atoms with Gasteiger partial charge < -0.3 is 10.6 Å². The van der Waals surface area contributed by atoms with Crippen LogP contribution in [0, 0.1) is 0 Å². The summed E-state index contributed by atoms with van der Waals surface area (Å²) in [5, 5.41) is 5.93. The molecular weight excluding hydrogens is 471 g/mol. The molecule has 0 aromatic heterocycles. The summed E-state index contributed by atoms with van der Waals surface area (Å²) in [7, 11) is 0. The van der Waals surface area contributed by atoms with Crippen molar-refractivity contribution in [3.63, 3.8) is 0 Å². The molecule has 0 atom stereocenters. The molecule has 0 saturated heterocycles. The molecule has 0 aliphatic rings. The smallest absolute Gasteiger partial charge is 0.233 e. The molecule has 0 saturated carbocycles. The van der Waals surface area contributed by atoms with Crippen LogP contribution in [0.4, 0.5) is 11.4 Å². The van der Waals surface area contributed by atoms with Crippen LogP contribution < -0.4 is 10.6 Å². The van der Waals surface area contributed by atoms with Crippen LogP contribution in [0.1, 0.15) is 6.42 Å². The molecule has 0 unspecified atom stereocenters. The molecule has 8 heteroatoms. The third-order valence-corrected chi connectivity index (χ3v) is 4.34. The lowest BCUT2D eigenvalue weighted by Gasteiger charge is -2.09. The Balaban J connectivity index is 1.95. The van der Waals surface area contributed by atoms with Crippen molar-refractivity contribution in [2.24, 2.45) is 0 Å². The van der Waals surface area contributed by atoms with E-state index >= 15 is 0 Å². The zero-order valence-corrected chi connectivity index (χ0v) is 16.2. The molecule has 120 valence electrons. The summed E-state index contributed by atoms with van der Waals surface area (Å²) in [6.45, 7) is 0. The van der Waals surface area contributed by atoms with Gasteiger partial charge in [-0.2, -0.15) is 0 Å². The first-order valence-electron chi connectivity index (χ1n) is 6.35. The van der Waals surface area contributed by atoms with Crippen molar-refractivity contribution in [2.75, 3.05) is 10.6 Å². The number of hydrogen-bond acceptors (Lipinski definition) is 2. The lowest BCUT2D eigenvalue weighted by Crippen LogP contribution is -2.21. The molecule has 2 N–H and O–H groups in total. The average molecular weight is 481 g/mol. The summed E-state index contributed by atoms with van der Waals surface area (Å²) < 4.78 is 1.59. The van der Waals surface area contributed by atoms with Crippen LogP contribution in [-0.2, 0) is 9.59 Å². The van der Waals surface area contributed by atoms with Gasteiger partial charge in [-0.05, 0) is 36.4 Å². The van der Waals surface area contributed by atoms with E-state index in [1.807, 2.05) is 0 Å². The number of halogens is 4. The second-order valence-electron chi connectivity index (χ2n) is 4.52. The van der Waals surface area contributed by atoms with E-state index in [0.29, 0.717) is 21.4 Å². The topological polar surface area (TPSA) is 58.2 Å². The van der Waals surface area contributed by atoms with Gasteiger partial charge in [0.1, 0.15) is 6.42 Å². The third-order valence-electron chi connectivity index (χ3n) is 2.73. The third kappa shape index (κ3) is 5.49. The summed E-state index contributed by atoms with van der Waals surface area (Å²) in [6.07, 6.45) is -0.348. The Kier molecular flexibility index (Phi) is 6.47. The highest BCUT2D eigenvalue weighted by molar-refractivity contribution is 9.10. The second kappa shape index (κ2) is 8.15. The molecule has 0 radical (unpaired) electrons. The minimum atomic E-state index is -0.472. The fraction of sp³-hybridized carbons (Fsp3) is 0.0667. The lowest BCUT2D eigenvalue weighted by molar-refractivity contribution is -0.123. The molecule has 23 heavy (non-hydrogen) atoms. The maximum absolute atomic E-state index is 11.9. The Labute approximate surface area is 159 Å². The fourth-order valence-corrected chi connectivity index (χ4v) is 3.16. The number of carbonyl (C=O) groups is 2. The Hall–Kier alpha value is -1.08. The Morgan fingerprint density at radius 1 is 0.826 bits per heavy atom. The standard InChI is InChI=1S/C15H10Br2Cl2N2O2/c16-8-1-3-12(10(18)5-8)20-14(22)7-15(23)21-13-4-2-9(17)6-11(13)19/h1-6H,7H2,(H,20,22)(H,21,23). The summed E-state index contributed by atoms with van der Waals surface area (Å²) in [4.78, 5) is 23.8. The van der Waals surface area contributed by atoms with E-state index in [2.05, 4.69) is 42.5 Å². The van der Waals surface area contributed by atoms with Crippen molar-refractivity contribution < 1.29 is 9.59 Å². The maximum atomic E-state index is 11.9. The van der Waals surface area contributed by atoms with Crippen LogP contribution in [0.15, 0.2) is 45.3 Å². The summed E-state index contributed by atoms with van der Waals surface area (Å²) in [5.41, 5.74) is 0.878. The predicted octanol–water partition coefficient (Wildman–Crippen LogP) is 5.49. The van der Waals surface area contributed by atoms with Gasteiger partial charge in [-0.3, -0.25) is 9.59 Å². The van der Waals surface area contributed by atoms with Gasteiger partial charge in [-0.25, -0.2) is 0 Å². The molecule has 2 aromatic carbocycles. The normalized spacial score (nSPS) is 10.3. The molecule has 2 amide bonds. The van der Waals surface area contributed by atoms with E-state index in [1.54, 1.807) is 36.4 Å². The first kappa shape index (κ1) is 18.3. The number of rotatable bonds is 4. The molecule has 2 rings (SSSR count). The SMILES string of the molecule is O=C(CC(=O)Nc1ccc(Br)cc1Cl)Nc1ccc(Br)cc1Cl. The monoisotopic (exact) mass is 478 g/mol. The lowest BCUT2D eigenvalue weighted by atomic mass is 10.2. The molecule has 0 aliphatic heterocycles. The van der Waals surface area contributed by atoms with E-state index in [0.717, 1.165) is 8.95 Å². The van der Waals surface area contributed by atoms with Gasteiger partial charge in [0.2, 0.25) is 11.8 Å². The van der Waals surface area contributed by atoms with Crippen molar-refractivity contribution in [3.8, 4) is 0 Å². The van der Waals surface area contributed by atoms with Crippen molar-refractivity contribution in [1.82, 2.24) is 0 Å². The number of anilines is 2. The number of amides is 2. The minimum Gasteiger partial charge on any atom is -0.324 e. The number of nitrogens with one attached hydrogen (secondary N) is 2. The van der Waals surface area contributed by atoms with Gasteiger partial charge in [-0.15, -0.1) is 0 Å². The molecule has 4 nitrogen and oxygen atoms in total. The van der Waals surface area contributed by atoms with E-state index in [1.165, 1.54) is 0 Å². The first-order chi connectivity index (χ1) is 10.8. The summed E-state index contributed by atoms with van der Waals surface area (Å²) in [5.74, 6) is -0.945. The number of benzene rings is 2. The minimum absolute atomic E-state index is 0.348. The van der Waals surface area contributed by atoms with Crippen molar-refractivity contribution in [2.45, 2.75) is 6.42 Å². The highest BCUT2D eigenvalue weighted by Gasteiger charge is 2.13. The van der Waals surface area contributed by atoms with E-state index in [-0.39, 0.29) is 6.42 Å². The van der Waals surface area contributed by atoms with Gasteiger partial charge in [0.15, 0.2) is 0 Å². The zero-order valence-electron chi connectivity index (χ0n) is 11.5. The van der Waals surface area contributed by atoms with Gasteiger partial charge in [0.25, 0.3) is 0 Å². The van der Waals surface area contributed by atoms with Crippen LogP contribution in [-0.4, -0.2) is 11.8 Å². The van der Waals surface area contributed by atoms with Crippen LogP contribution in [0.25, 0.3) is 0 Å². The van der Waals surface area contributed by atoms with Crippen molar-refractivity contribution >= 4 is 78.3 Å². The van der Waals surface area contributed by atoms with Crippen LogP contribution in [0.2, 0.25) is 10.0 Å². The number of carbonyl (C=O) groups excluding carboxylic acids is 2. The van der Waals surface area contributed by atoms with Crippen molar-refractivity contribution in [1.29, 1.82) is 0 Å². The Bertz CT molecular complexity index is 706. The van der Waals surface area contributed by atoms with Crippen LogP contribution in [0.3, 0.4) is 0 Å². The number of hydrogen-bond donors (Lipinski definition) is 2. The summed E-state index contributed by atoms with van der Waals surface area (Å²) >= 11 is 18.6. The van der Waals surface area contributed by atoms with Gasteiger partial charge in [-0.1, -0.05) is 55.1 Å². The quantitative estimate of drug-likeness (QED) is 0.569. The molecular formula is C15H10Br2Cl2N2O2. The Morgan fingerprint density at radius 2 is 1.22 bits per heavy atom. The molecule has 0 aliphatic carbocycles.